The molecule has 20 heavy (non-hydrogen) atoms. The molecule has 0 aliphatic carbocycles. The van der Waals surface area contributed by atoms with Crippen molar-refractivity contribution < 1.29 is 4.79 Å². The number of hydrogen-bond donors (Lipinski definition) is 1. The third-order valence-corrected chi connectivity index (χ3v) is 4.92. The van der Waals surface area contributed by atoms with Crippen LogP contribution < -0.4 is 5.32 Å². The number of hydrogen-bond acceptors (Lipinski definition) is 2. The van der Waals surface area contributed by atoms with Crippen molar-refractivity contribution in [1.29, 1.82) is 0 Å². The van der Waals surface area contributed by atoms with E-state index in [4.69, 9.17) is 11.6 Å². The Morgan fingerprint density at radius 3 is 2.75 bits per heavy atom. The second-order valence-corrected chi connectivity index (χ2v) is 7.50. The molecule has 0 saturated carbocycles. The molecule has 2 rings (SSSR count). The molecule has 2 nitrogen and oxygen atoms in total. The molecule has 1 aromatic carbocycles. The first-order valence-corrected chi connectivity index (χ1v) is 8.22. The Kier molecular flexibility index (Phi) is 4.89. The van der Waals surface area contributed by atoms with E-state index in [1.807, 2.05) is 11.4 Å². The molecule has 106 valence electrons. The fraction of sp³-hybridized carbons (Fsp3) is 0.267. The summed E-state index contributed by atoms with van der Waals surface area (Å²) >= 11 is 11.0. The summed E-state index contributed by atoms with van der Waals surface area (Å²) in [5.41, 5.74) is 0.478. The van der Waals surface area contributed by atoms with E-state index >= 15 is 0 Å². The lowest BCUT2D eigenvalue weighted by molar-refractivity contribution is 0.0946. The molecule has 0 spiro atoms. The van der Waals surface area contributed by atoms with Crippen LogP contribution in [0, 0.1) is 0 Å². The fourth-order valence-corrected chi connectivity index (χ4v) is 3.55. The van der Waals surface area contributed by atoms with Crippen molar-refractivity contribution in [2.75, 3.05) is 6.54 Å². The molecular weight excluding hydrogens is 358 g/mol. The van der Waals surface area contributed by atoms with Crippen LogP contribution in [0.5, 0.6) is 0 Å². The molecule has 1 N–H and O–H groups in total. The Morgan fingerprint density at radius 2 is 2.15 bits per heavy atom. The van der Waals surface area contributed by atoms with Gasteiger partial charge in [-0.15, -0.1) is 11.3 Å². The molecule has 0 aliphatic heterocycles. The van der Waals surface area contributed by atoms with Crippen LogP contribution in [-0.2, 0) is 5.41 Å². The van der Waals surface area contributed by atoms with E-state index in [1.165, 1.54) is 4.88 Å². The number of amides is 1. The van der Waals surface area contributed by atoms with Crippen LogP contribution >= 0.6 is 38.9 Å². The first-order valence-electron chi connectivity index (χ1n) is 6.17. The first-order chi connectivity index (χ1) is 9.38. The van der Waals surface area contributed by atoms with Gasteiger partial charge in [0.05, 0.1) is 0 Å². The third kappa shape index (κ3) is 3.84. The lowest BCUT2D eigenvalue weighted by Gasteiger charge is -2.23. The SMILES string of the molecule is CC(C)(CNC(=O)c1cc(Cl)cc(Br)c1)c1cccs1. The topological polar surface area (TPSA) is 29.1 Å². The number of rotatable bonds is 4. The largest absolute Gasteiger partial charge is 0.351 e. The quantitative estimate of drug-likeness (QED) is 0.815. The summed E-state index contributed by atoms with van der Waals surface area (Å²) in [7, 11) is 0. The Hall–Kier alpha value is -0.840. The van der Waals surface area contributed by atoms with Gasteiger partial charge in [-0.3, -0.25) is 4.79 Å². The zero-order chi connectivity index (χ0) is 14.8. The van der Waals surface area contributed by atoms with Crippen LogP contribution in [0.15, 0.2) is 40.2 Å². The predicted octanol–water partition coefficient (Wildman–Crippen LogP) is 4.87. The van der Waals surface area contributed by atoms with Gasteiger partial charge in [-0.1, -0.05) is 47.4 Å². The molecule has 2 aromatic rings. The van der Waals surface area contributed by atoms with Gasteiger partial charge in [-0.25, -0.2) is 0 Å². The lowest BCUT2D eigenvalue weighted by Crippen LogP contribution is -2.36. The summed E-state index contributed by atoms with van der Waals surface area (Å²) in [4.78, 5) is 13.4. The van der Waals surface area contributed by atoms with Gasteiger partial charge in [0, 0.05) is 31.9 Å². The predicted molar refractivity (Wildman–Crippen MR) is 88.8 cm³/mol. The molecule has 1 aromatic heterocycles. The smallest absolute Gasteiger partial charge is 0.251 e. The van der Waals surface area contributed by atoms with Crippen molar-refractivity contribution in [3.8, 4) is 0 Å². The Labute approximate surface area is 136 Å². The molecule has 0 radical (unpaired) electrons. The number of halogens is 2. The molecule has 1 heterocycles. The highest BCUT2D eigenvalue weighted by molar-refractivity contribution is 9.10. The van der Waals surface area contributed by atoms with E-state index in [1.54, 1.807) is 29.5 Å². The average molecular weight is 373 g/mol. The van der Waals surface area contributed by atoms with E-state index in [0.29, 0.717) is 17.1 Å². The van der Waals surface area contributed by atoms with Gasteiger partial charge in [0.2, 0.25) is 0 Å². The minimum Gasteiger partial charge on any atom is -0.351 e. The number of benzene rings is 1. The highest BCUT2D eigenvalue weighted by Gasteiger charge is 2.22. The standard InChI is InChI=1S/C15H15BrClNOS/c1-15(2,13-4-3-5-20-13)9-18-14(19)10-6-11(16)8-12(17)7-10/h3-8H,9H2,1-2H3,(H,18,19). The van der Waals surface area contributed by atoms with Gasteiger partial charge in [0.25, 0.3) is 5.91 Å². The Morgan fingerprint density at radius 1 is 1.40 bits per heavy atom. The van der Waals surface area contributed by atoms with E-state index in [9.17, 15) is 4.79 Å². The minimum atomic E-state index is -0.113. The van der Waals surface area contributed by atoms with Crippen molar-refractivity contribution >= 4 is 44.8 Å². The molecule has 1 amide bonds. The summed E-state index contributed by atoms with van der Waals surface area (Å²) in [5.74, 6) is -0.113. The first kappa shape index (κ1) is 15.5. The zero-order valence-electron chi connectivity index (χ0n) is 11.2. The number of carbonyl (C=O) groups is 1. The van der Waals surface area contributed by atoms with Gasteiger partial charge in [0.15, 0.2) is 0 Å². The van der Waals surface area contributed by atoms with E-state index in [-0.39, 0.29) is 11.3 Å². The van der Waals surface area contributed by atoms with E-state index < -0.39 is 0 Å². The maximum Gasteiger partial charge on any atom is 0.251 e. The highest BCUT2D eigenvalue weighted by atomic mass is 79.9. The van der Waals surface area contributed by atoms with Crippen molar-refractivity contribution in [2.24, 2.45) is 0 Å². The number of nitrogens with one attached hydrogen (secondary N) is 1. The van der Waals surface area contributed by atoms with Crippen LogP contribution in [-0.4, -0.2) is 12.5 Å². The van der Waals surface area contributed by atoms with Crippen LogP contribution in [0.1, 0.15) is 29.1 Å². The van der Waals surface area contributed by atoms with Crippen LogP contribution in [0.4, 0.5) is 0 Å². The molecule has 5 heteroatoms. The van der Waals surface area contributed by atoms with Gasteiger partial charge < -0.3 is 5.32 Å². The molecule has 0 saturated heterocycles. The fourth-order valence-electron chi connectivity index (χ4n) is 1.84. The van der Waals surface area contributed by atoms with Crippen molar-refractivity contribution in [2.45, 2.75) is 19.3 Å². The Balaban J connectivity index is 2.05. The molecular formula is C15H15BrClNOS. The highest BCUT2D eigenvalue weighted by Crippen LogP contribution is 2.27. The van der Waals surface area contributed by atoms with Crippen molar-refractivity contribution in [3.05, 3.63) is 55.6 Å². The summed E-state index contributed by atoms with van der Waals surface area (Å²) in [6.07, 6.45) is 0. The zero-order valence-corrected chi connectivity index (χ0v) is 14.4. The van der Waals surface area contributed by atoms with Gasteiger partial charge in [-0.05, 0) is 29.6 Å². The average Bonchev–Trinajstić information content (AvgIpc) is 2.89. The molecule has 0 unspecified atom stereocenters. The molecule has 0 atom stereocenters. The molecule has 0 fully saturated rings. The molecule has 0 aliphatic rings. The third-order valence-electron chi connectivity index (χ3n) is 3.00. The second kappa shape index (κ2) is 6.29. The number of thiophene rings is 1. The second-order valence-electron chi connectivity index (χ2n) is 5.20. The normalized spacial score (nSPS) is 11.4. The number of carbonyl (C=O) groups excluding carboxylic acids is 1. The van der Waals surface area contributed by atoms with Crippen LogP contribution in [0.3, 0.4) is 0 Å². The minimum absolute atomic E-state index is 0.0837. The lowest BCUT2D eigenvalue weighted by atomic mass is 9.91. The van der Waals surface area contributed by atoms with Crippen LogP contribution in [0.25, 0.3) is 0 Å². The van der Waals surface area contributed by atoms with Gasteiger partial charge >= 0.3 is 0 Å². The summed E-state index contributed by atoms with van der Waals surface area (Å²) in [6, 6.07) is 9.30. The van der Waals surface area contributed by atoms with Crippen molar-refractivity contribution in [1.82, 2.24) is 5.32 Å². The van der Waals surface area contributed by atoms with E-state index in [0.717, 1.165) is 4.47 Å². The maximum atomic E-state index is 12.2. The van der Waals surface area contributed by atoms with Crippen LogP contribution in [0.2, 0.25) is 5.02 Å². The Bertz CT molecular complexity index is 590. The van der Waals surface area contributed by atoms with Crippen molar-refractivity contribution in [3.63, 3.8) is 0 Å². The maximum absolute atomic E-state index is 12.2. The summed E-state index contributed by atoms with van der Waals surface area (Å²) in [5, 5.41) is 5.56. The van der Waals surface area contributed by atoms with E-state index in [2.05, 4.69) is 41.2 Å². The summed E-state index contributed by atoms with van der Waals surface area (Å²) < 4.78 is 0.799. The summed E-state index contributed by atoms with van der Waals surface area (Å²) in [6.45, 7) is 4.82. The molecule has 0 bridgehead atoms. The van der Waals surface area contributed by atoms with Gasteiger partial charge in [-0.2, -0.15) is 0 Å². The van der Waals surface area contributed by atoms with Gasteiger partial charge in [0.1, 0.15) is 0 Å². The monoisotopic (exact) mass is 371 g/mol.